The number of carbonyl (C=O) groups is 1. The number of benzene rings is 3. The van der Waals surface area contributed by atoms with Gasteiger partial charge < -0.3 is 15.1 Å². The Kier molecular flexibility index (Phi) is 6.08. The third-order valence-corrected chi connectivity index (χ3v) is 6.45. The maximum Gasteiger partial charge on any atom is 0.256 e. The highest BCUT2D eigenvalue weighted by Crippen LogP contribution is 2.34. The van der Waals surface area contributed by atoms with Crippen molar-refractivity contribution in [2.24, 2.45) is 0 Å². The van der Waals surface area contributed by atoms with E-state index < -0.39 is 0 Å². The second-order valence-corrected chi connectivity index (χ2v) is 8.84. The Morgan fingerprint density at radius 1 is 1.00 bits per heavy atom. The number of nitrogens with zero attached hydrogens (tertiary/aromatic N) is 1. The van der Waals surface area contributed by atoms with Gasteiger partial charge in [-0.15, -0.1) is 0 Å². The van der Waals surface area contributed by atoms with Crippen molar-refractivity contribution in [1.29, 1.82) is 0 Å². The molecule has 0 aliphatic carbocycles. The van der Waals surface area contributed by atoms with Crippen molar-refractivity contribution in [2.45, 2.75) is 6.54 Å². The van der Waals surface area contributed by atoms with E-state index in [1.54, 1.807) is 6.07 Å². The van der Waals surface area contributed by atoms with Crippen molar-refractivity contribution in [1.82, 2.24) is 10.2 Å². The minimum atomic E-state index is -0.167. The Labute approximate surface area is 195 Å². The minimum Gasteiger partial charge on any atom is -0.456 e. The number of fused-ring (bicyclic) bond motifs is 1. The van der Waals surface area contributed by atoms with Gasteiger partial charge in [0.15, 0.2) is 0 Å². The van der Waals surface area contributed by atoms with Crippen LogP contribution in [0.1, 0.15) is 15.9 Å². The van der Waals surface area contributed by atoms with E-state index in [0.717, 1.165) is 59.5 Å². The molecule has 1 aliphatic rings. The van der Waals surface area contributed by atoms with Crippen LogP contribution in [0.4, 0.5) is 5.69 Å². The summed E-state index contributed by atoms with van der Waals surface area (Å²) in [5, 5.41) is 7.48. The number of halogens is 1. The van der Waals surface area contributed by atoms with Gasteiger partial charge >= 0.3 is 0 Å². The van der Waals surface area contributed by atoms with Crippen molar-refractivity contribution in [3.8, 4) is 11.3 Å². The number of nitrogens with one attached hydrogen (secondary N) is 2. The van der Waals surface area contributed by atoms with Crippen molar-refractivity contribution < 1.29 is 9.21 Å². The van der Waals surface area contributed by atoms with E-state index in [9.17, 15) is 4.79 Å². The van der Waals surface area contributed by atoms with Gasteiger partial charge in [-0.1, -0.05) is 36.4 Å². The van der Waals surface area contributed by atoms with Crippen LogP contribution in [0.3, 0.4) is 0 Å². The third kappa shape index (κ3) is 4.48. The Morgan fingerprint density at radius 2 is 1.78 bits per heavy atom. The van der Waals surface area contributed by atoms with Gasteiger partial charge in [-0.05, 0) is 57.9 Å². The Hall–Kier alpha value is -2.93. The van der Waals surface area contributed by atoms with Gasteiger partial charge in [-0.3, -0.25) is 9.69 Å². The number of piperazine rings is 1. The summed E-state index contributed by atoms with van der Waals surface area (Å²) in [7, 11) is 0. The van der Waals surface area contributed by atoms with Crippen LogP contribution in [0, 0.1) is 0 Å². The molecule has 0 saturated carbocycles. The number of para-hydroxylation sites is 1. The molecule has 2 heterocycles. The molecular formula is C26H24BrN3O2. The average molecular weight is 490 g/mol. The predicted octanol–water partition coefficient (Wildman–Crippen LogP) is 5.52. The fraction of sp³-hybridized carbons (Fsp3) is 0.192. The summed E-state index contributed by atoms with van der Waals surface area (Å²) < 4.78 is 7.00. The normalized spacial score (nSPS) is 14.5. The smallest absolute Gasteiger partial charge is 0.256 e. The van der Waals surface area contributed by atoms with Crippen LogP contribution >= 0.6 is 15.9 Å². The van der Waals surface area contributed by atoms with Crippen LogP contribution in [-0.4, -0.2) is 37.0 Å². The van der Waals surface area contributed by atoms with Gasteiger partial charge in [0.1, 0.15) is 11.3 Å². The molecule has 2 N–H and O–H groups in total. The number of hydrogen-bond donors (Lipinski definition) is 2. The molecule has 1 saturated heterocycles. The van der Waals surface area contributed by atoms with Gasteiger partial charge in [-0.2, -0.15) is 0 Å². The highest BCUT2D eigenvalue weighted by atomic mass is 79.9. The van der Waals surface area contributed by atoms with Crippen LogP contribution in [0.15, 0.2) is 81.7 Å². The Bertz CT molecular complexity index is 1260. The van der Waals surface area contributed by atoms with Gasteiger partial charge in [-0.25, -0.2) is 0 Å². The minimum absolute atomic E-state index is 0.167. The maximum absolute atomic E-state index is 12.8. The molecule has 162 valence electrons. The van der Waals surface area contributed by atoms with Crippen molar-refractivity contribution in [3.63, 3.8) is 0 Å². The van der Waals surface area contributed by atoms with Gasteiger partial charge in [0.2, 0.25) is 0 Å². The highest BCUT2D eigenvalue weighted by Gasteiger charge is 2.16. The molecular weight excluding hydrogens is 466 g/mol. The van der Waals surface area contributed by atoms with E-state index in [1.165, 1.54) is 5.56 Å². The topological polar surface area (TPSA) is 57.5 Å². The Morgan fingerprint density at radius 3 is 2.62 bits per heavy atom. The Balaban J connectivity index is 1.41. The SMILES string of the molecule is O=C(Nc1ccccc1-c1cc2ccc(CN3CCNCC3)cc2o1)c1ccccc1Br. The van der Waals surface area contributed by atoms with Crippen LogP contribution < -0.4 is 10.6 Å². The van der Waals surface area contributed by atoms with Crippen LogP contribution in [0.25, 0.3) is 22.3 Å². The average Bonchev–Trinajstić information content (AvgIpc) is 3.23. The molecule has 6 heteroatoms. The summed E-state index contributed by atoms with van der Waals surface area (Å²) in [6, 6.07) is 23.6. The molecule has 5 nitrogen and oxygen atoms in total. The number of carbonyl (C=O) groups excluding carboxylic acids is 1. The van der Waals surface area contributed by atoms with E-state index >= 15 is 0 Å². The molecule has 0 unspecified atom stereocenters. The van der Waals surface area contributed by atoms with Gasteiger partial charge in [0.25, 0.3) is 5.91 Å². The maximum atomic E-state index is 12.8. The summed E-state index contributed by atoms with van der Waals surface area (Å²) in [4.78, 5) is 15.3. The monoisotopic (exact) mass is 489 g/mol. The first kappa shape index (κ1) is 20.9. The second-order valence-electron chi connectivity index (χ2n) is 7.99. The molecule has 1 aromatic heterocycles. The molecule has 32 heavy (non-hydrogen) atoms. The summed E-state index contributed by atoms with van der Waals surface area (Å²) in [5.74, 6) is 0.571. The molecule has 0 spiro atoms. The predicted molar refractivity (Wildman–Crippen MR) is 132 cm³/mol. The van der Waals surface area contributed by atoms with E-state index in [-0.39, 0.29) is 5.91 Å². The number of amides is 1. The summed E-state index contributed by atoms with van der Waals surface area (Å²) in [5.41, 5.74) is 4.26. The molecule has 5 rings (SSSR count). The van der Waals surface area contributed by atoms with E-state index in [2.05, 4.69) is 49.7 Å². The first-order valence-corrected chi connectivity index (χ1v) is 11.6. The standard InChI is InChI=1S/C26H24BrN3O2/c27-22-7-3-1-5-20(22)26(31)29-23-8-4-2-6-21(23)25-16-19-10-9-18(15-24(19)32-25)17-30-13-11-28-12-14-30/h1-10,15-16,28H,11-14,17H2,(H,29,31). The second kappa shape index (κ2) is 9.28. The molecule has 3 aromatic carbocycles. The zero-order valence-corrected chi connectivity index (χ0v) is 19.2. The zero-order chi connectivity index (χ0) is 21.9. The highest BCUT2D eigenvalue weighted by molar-refractivity contribution is 9.10. The molecule has 1 amide bonds. The quantitative estimate of drug-likeness (QED) is 0.387. The lowest BCUT2D eigenvalue weighted by molar-refractivity contribution is 0.102. The van der Waals surface area contributed by atoms with Crippen LogP contribution in [-0.2, 0) is 6.54 Å². The first-order valence-electron chi connectivity index (χ1n) is 10.8. The lowest BCUT2D eigenvalue weighted by Crippen LogP contribution is -2.42. The number of rotatable bonds is 5. The largest absolute Gasteiger partial charge is 0.456 e. The molecule has 0 radical (unpaired) electrons. The summed E-state index contributed by atoms with van der Waals surface area (Å²) in [6.07, 6.45) is 0. The van der Waals surface area contributed by atoms with E-state index in [4.69, 9.17) is 4.42 Å². The number of furan rings is 1. The molecule has 0 atom stereocenters. The zero-order valence-electron chi connectivity index (χ0n) is 17.6. The van der Waals surface area contributed by atoms with E-state index in [1.807, 2.05) is 48.5 Å². The third-order valence-electron chi connectivity index (χ3n) is 5.76. The molecule has 1 fully saturated rings. The number of anilines is 1. The summed E-state index contributed by atoms with van der Waals surface area (Å²) >= 11 is 3.45. The fourth-order valence-corrected chi connectivity index (χ4v) is 4.54. The van der Waals surface area contributed by atoms with Crippen molar-refractivity contribution in [3.05, 3.63) is 88.4 Å². The van der Waals surface area contributed by atoms with Crippen LogP contribution in [0.2, 0.25) is 0 Å². The van der Waals surface area contributed by atoms with Crippen LogP contribution in [0.5, 0.6) is 0 Å². The van der Waals surface area contributed by atoms with Gasteiger partial charge in [0, 0.05) is 48.1 Å². The van der Waals surface area contributed by atoms with E-state index in [0.29, 0.717) is 11.3 Å². The van der Waals surface area contributed by atoms with Gasteiger partial charge in [0.05, 0.1) is 11.3 Å². The fourth-order valence-electron chi connectivity index (χ4n) is 4.08. The van der Waals surface area contributed by atoms with Crippen molar-refractivity contribution in [2.75, 3.05) is 31.5 Å². The first-order chi connectivity index (χ1) is 15.7. The lowest BCUT2D eigenvalue weighted by atomic mass is 10.1. The molecule has 1 aliphatic heterocycles. The van der Waals surface area contributed by atoms with Crippen molar-refractivity contribution >= 4 is 38.5 Å². The lowest BCUT2D eigenvalue weighted by Gasteiger charge is -2.27. The summed E-state index contributed by atoms with van der Waals surface area (Å²) in [6.45, 7) is 5.12. The molecule has 0 bridgehead atoms. The molecule has 4 aromatic rings. The number of hydrogen-bond acceptors (Lipinski definition) is 4.